The standard InChI is InChI=1S/C25H30N8O2/c1-15-9-19(30-25(35)18-7-5-17(6-8-18)16-3-4-16)14-33(12-15)21-11-27-22(23(26)34)24(31-21)29-20-10-28-32(2)13-20/h5-8,10-11,13,15-16,19H,3-4,9,12,14H2,1-2H3,(H2,26,34)(H,29,31)(H,30,35)/t15-,19+/m1/s1. The number of nitrogens with two attached hydrogens (primary N) is 1. The molecule has 35 heavy (non-hydrogen) atoms. The quantitative estimate of drug-likeness (QED) is 0.480. The Balaban J connectivity index is 1.31. The molecule has 0 spiro atoms. The van der Waals surface area contributed by atoms with Crippen LogP contribution in [0.4, 0.5) is 17.3 Å². The maximum absolute atomic E-state index is 12.9. The van der Waals surface area contributed by atoms with E-state index in [4.69, 9.17) is 5.73 Å². The molecule has 2 amide bonds. The largest absolute Gasteiger partial charge is 0.364 e. The summed E-state index contributed by atoms with van der Waals surface area (Å²) in [5.74, 6) is 1.15. The molecular weight excluding hydrogens is 444 g/mol. The lowest BCUT2D eigenvalue weighted by atomic mass is 9.95. The van der Waals surface area contributed by atoms with Crippen molar-refractivity contribution in [2.45, 2.75) is 38.1 Å². The Kier molecular flexibility index (Phi) is 6.10. The van der Waals surface area contributed by atoms with Crippen LogP contribution in [0.3, 0.4) is 0 Å². The van der Waals surface area contributed by atoms with Gasteiger partial charge in [-0.15, -0.1) is 0 Å². The number of anilines is 3. The SMILES string of the molecule is C[C@@H]1C[C@H](NC(=O)c2ccc(C3CC3)cc2)CN(c2cnc(C(N)=O)c(Nc3cnn(C)c3)n2)C1. The van der Waals surface area contributed by atoms with E-state index in [-0.39, 0.29) is 23.5 Å². The first-order valence-electron chi connectivity index (χ1n) is 11.9. The van der Waals surface area contributed by atoms with E-state index < -0.39 is 5.91 Å². The Morgan fingerprint density at radius 1 is 1.11 bits per heavy atom. The highest BCUT2D eigenvalue weighted by Gasteiger charge is 2.28. The van der Waals surface area contributed by atoms with Gasteiger partial charge in [-0.3, -0.25) is 14.3 Å². The van der Waals surface area contributed by atoms with Crippen molar-refractivity contribution in [3.8, 4) is 0 Å². The molecule has 0 bridgehead atoms. The average Bonchev–Trinajstić information content (AvgIpc) is 3.60. The molecule has 2 atom stereocenters. The van der Waals surface area contributed by atoms with Crippen molar-refractivity contribution in [2.75, 3.05) is 23.3 Å². The van der Waals surface area contributed by atoms with E-state index in [9.17, 15) is 9.59 Å². The zero-order valence-electron chi connectivity index (χ0n) is 19.9. The second-order valence-corrected chi connectivity index (χ2v) is 9.63. The predicted molar refractivity (Wildman–Crippen MR) is 133 cm³/mol. The molecule has 0 radical (unpaired) electrons. The minimum atomic E-state index is -0.666. The van der Waals surface area contributed by atoms with Gasteiger partial charge in [-0.25, -0.2) is 9.97 Å². The fourth-order valence-electron chi connectivity index (χ4n) is 4.66. The molecule has 3 aromatic rings. The van der Waals surface area contributed by atoms with Gasteiger partial charge in [0.2, 0.25) is 0 Å². The molecule has 10 nitrogen and oxygen atoms in total. The molecule has 1 saturated heterocycles. The van der Waals surface area contributed by atoms with Gasteiger partial charge >= 0.3 is 0 Å². The average molecular weight is 475 g/mol. The van der Waals surface area contributed by atoms with Gasteiger partial charge in [0.25, 0.3) is 11.8 Å². The predicted octanol–water partition coefficient (Wildman–Crippen LogP) is 2.57. The van der Waals surface area contributed by atoms with E-state index >= 15 is 0 Å². The van der Waals surface area contributed by atoms with Gasteiger partial charge in [-0.05, 0) is 48.8 Å². The van der Waals surface area contributed by atoms with Crippen LogP contribution in [0.25, 0.3) is 0 Å². The van der Waals surface area contributed by atoms with Crippen LogP contribution >= 0.6 is 0 Å². The number of carbonyl (C=O) groups excluding carboxylic acids is 2. The second kappa shape index (κ2) is 9.36. The molecule has 3 heterocycles. The number of nitrogens with one attached hydrogen (secondary N) is 2. The summed E-state index contributed by atoms with van der Waals surface area (Å²) in [5, 5.41) is 10.4. The lowest BCUT2D eigenvalue weighted by Gasteiger charge is -2.37. The minimum Gasteiger partial charge on any atom is -0.364 e. The number of aryl methyl sites for hydroxylation is 1. The molecule has 10 heteroatoms. The fourth-order valence-corrected chi connectivity index (χ4v) is 4.66. The highest BCUT2D eigenvalue weighted by Crippen LogP contribution is 2.39. The normalized spacial score (nSPS) is 19.9. The molecule has 0 unspecified atom stereocenters. The topological polar surface area (TPSA) is 131 Å². The molecular formula is C25H30N8O2. The van der Waals surface area contributed by atoms with Gasteiger partial charge in [-0.2, -0.15) is 5.10 Å². The third-order valence-corrected chi connectivity index (χ3v) is 6.50. The first-order valence-corrected chi connectivity index (χ1v) is 11.9. The van der Waals surface area contributed by atoms with Crippen molar-refractivity contribution in [1.82, 2.24) is 25.1 Å². The number of rotatable bonds is 7. The minimum absolute atomic E-state index is 0.0401. The molecule has 5 rings (SSSR count). The molecule has 2 aromatic heterocycles. The molecule has 1 aliphatic heterocycles. The first-order chi connectivity index (χ1) is 16.9. The Morgan fingerprint density at radius 2 is 1.89 bits per heavy atom. The Hall–Kier alpha value is -3.95. The highest BCUT2D eigenvalue weighted by molar-refractivity contribution is 5.96. The fraction of sp³-hybridized carbons (Fsp3) is 0.400. The highest BCUT2D eigenvalue weighted by atomic mass is 16.2. The molecule has 182 valence electrons. The van der Waals surface area contributed by atoms with E-state index in [1.165, 1.54) is 18.4 Å². The summed E-state index contributed by atoms with van der Waals surface area (Å²) in [6.07, 6.45) is 8.31. The van der Waals surface area contributed by atoms with Crippen molar-refractivity contribution in [3.63, 3.8) is 0 Å². The number of aromatic nitrogens is 4. The van der Waals surface area contributed by atoms with E-state index in [0.717, 1.165) is 13.0 Å². The third kappa shape index (κ3) is 5.26. The Labute approximate surface area is 203 Å². The van der Waals surface area contributed by atoms with Gasteiger partial charge in [0.1, 0.15) is 5.82 Å². The summed E-state index contributed by atoms with van der Waals surface area (Å²) in [5.41, 5.74) is 8.24. The lowest BCUT2D eigenvalue weighted by molar-refractivity contribution is 0.0927. The van der Waals surface area contributed by atoms with Crippen LogP contribution in [0.5, 0.6) is 0 Å². The first kappa shape index (κ1) is 22.8. The number of primary amides is 1. The van der Waals surface area contributed by atoms with E-state index in [2.05, 4.69) is 49.7 Å². The summed E-state index contributed by atoms with van der Waals surface area (Å²) in [6.45, 7) is 3.50. The molecule has 1 aromatic carbocycles. The van der Waals surface area contributed by atoms with Crippen molar-refractivity contribution in [2.24, 2.45) is 18.7 Å². The number of carbonyl (C=O) groups is 2. The lowest BCUT2D eigenvalue weighted by Crippen LogP contribution is -2.50. The maximum atomic E-state index is 12.9. The van der Waals surface area contributed by atoms with Crippen LogP contribution in [0.15, 0.2) is 42.9 Å². The monoisotopic (exact) mass is 474 g/mol. The second-order valence-electron chi connectivity index (χ2n) is 9.63. The third-order valence-electron chi connectivity index (χ3n) is 6.50. The zero-order valence-corrected chi connectivity index (χ0v) is 19.9. The van der Waals surface area contributed by atoms with Crippen LogP contribution in [0, 0.1) is 5.92 Å². The number of hydrogen-bond donors (Lipinski definition) is 3. The summed E-state index contributed by atoms with van der Waals surface area (Å²) in [6, 6.07) is 7.92. The number of benzene rings is 1. The zero-order chi connectivity index (χ0) is 24.5. The van der Waals surface area contributed by atoms with Crippen molar-refractivity contribution in [3.05, 3.63) is 59.7 Å². The molecule has 1 saturated carbocycles. The van der Waals surface area contributed by atoms with Crippen LogP contribution in [0.1, 0.15) is 58.5 Å². The van der Waals surface area contributed by atoms with E-state index in [1.807, 2.05) is 12.1 Å². The summed E-state index contributed by atoms with van der Waals surface area (Å²) in [4.78, 5) is 35.9. The maximum Gasteiger partial charge on any atom is 0.271 e. The smallest absolute Gasteiger partial charge is 0.271 e. The number of nitrogens with zero attached hydrogens (tertiary/aromatic N) is 5. The number of amides is 2. The van der Waals surface area contributed by atoms with Crippen LogP contribution in [-0.4, -0.2) is 50.7 Å². The van der Waals surface area contributed by atoms with Crippen LogP contribution in [0.2, 0.25) is 0 Å². The summed E-state index contributed by atoms with van der Waals surface area (Å²) in [7, 11) is 1.80. The summed E-state index contributed by atoms with van der Waals surface area (Å²) >= 11 is 0. The Bertz CT molecular complexity index is 1230. The molecule has 4 N–H and O–H groups in total. The van der Waals surface area contributed by atoms with Crippen LogP contribution in [-0.2, 0) is 7.05 Å². The van der Waals surface area contributed by atoms with E-state index in [1.54, 1.807) is 30.3 Å². The summed E-state index contributed by atoms with van der Waals surface area (Å²) < 4.78 is 1.64. The van der Waals surface area contributed by atoms with Gasteiger partial charge in [0.05, 0.1) is 18.1 Å². The molecule has 2 aliphatic rings. The molecule has 1 aliphatic carbocycles. The number of hydrogen-bond acceptors (Lipinski definition) is 7. The van der Waals surface area contributed by atoms with Crippen LogP contribution < -0.4 is 21.3 Å². The van der Waals surface area contributed by atoms with E-state index in [0.29, 0.717) is 35.4 Å². The van der Waals surface area contributed by atoms with Gasteiger partial charge < -0.3 is 21.3 Å². The van der Waals surface area contributed by atoms with Crippen molar-refractivity contribution in [1.29, 1.82) is 0 Å². The van der Waals surface area contributed by atoms with Gasteiger partial charge in [0, 0.05) is 37.9 Å². The van der Waals surface area contributed by atoms with Crippen molar-refractivity contribution < 1.29 is 9.59 Å². The number of piperidine rings is 1. The van der Waals surface area contributed by atoms with Gasteiger partial charge in [-0.1, -0.05) is 19.1 Å². The van der Waals surface area contributed by atoms with Gasteiger partial charge in [0.15, 0.2) is 11.5 Å². The molecule has 2 fully saturated rings. The van der Waals surface area contributed by atoms with Crippen molar-refractivity contribution >= 4 is 29.1 Å². The Morgan fingerprint density at radius 3 is 2.54 bits per heavy atom.